The Morgan fingerprint density at radius 1 is 1.14 bits per heavy atom. The van der Waals surface area contributed by atoms with Crippen LogP contribution >= 0.6 is 11.3 Å². The number of fused-ring (bicyclic) bond motifs is 1. The number of methoxy groups -OCH3 is 2. The number of amides is 2. The van der Waals surface area contributed by atoms with Gasteiger partial charge < -0.3 is 20.5 Å². The van der Waals surface area contributed by atoms with E-state index in [9.17, 15) is 18.0 Å². The SMILES string of the molecule is COCCN(CCOC)S(=O)(=O)c1ccc(C(=O)Nc2sc3c(c2C(N)=O)CCN(C(C)C)C3)cc1. The van der Waals surface area contributed by atoms with E-state index in [1.54, 1.807) is 0 Å². The Hall–Kier alpha value is -2.35. The molecule has 0 unspecified atom stereocenters. The minimum atomic E-state index is -3.80. The summed E-state index contributed by atoms with van der Waals surface area (Å²) < 4.78 is 37.5. The zero-order chi connectivity index (χ0) is 26.5. The van der Waals surface area contributed by atoms with Gasteiger partial charge >= 0.3 is 0 Å². The van der Waals surface area contributed by atoms with Crippen LogP contribution in [0.25, 0.3) is 0 Å². The third-order valence-electron chi connectivity index (χ3n) is 6.13. The highest BCUT2D eigenvalue weighted by atomic mass is 32.2. The number of sulfonamides is 1. The summed E-state index contributed by atoms with van der Waals surface area (Å²) >= 11 is 1.36. The average Bonchev–Trinajstić information content (AvgIpc) is 3.21. The average molecular weight is 539 g/mol. The molecule has 2 heterocycles. The zero-order valence-electron chi connectivity index (χ0n) is 21.1. The van der Waals surface area contributed by atoms with Crippen molar-refractivity contribution in [1.29, 1.82) is 0 Å². The van der Waals surface area contributed by atoms with Crippen LogP contribution in [-0.2, 0) is 32.5 Å². The molecule has 198 valence electrons. The first-order valence-corrected chi connectivity index (χ1v) is 13.9. The number of rotatable bonds is 12. The molecule has 3 N–H and O–H groups in total. The van der Waals surface area contributed by atoms with Crippen molar-refractivity contribution in [3.8, 4) is 0 Å². The third kappa shape index (κ3) is 6.31. The van der Waals surface area contributed by atoms with Crippen LogP contribution in [-0.4, -0.2) is 82.5 Å². The highest BCUT2D eigenvalue weighted by molar-refractivity contribution is 7.89. The summed E-state index contributed by atoms with van der Waals surface area (Å²) in [5, 5.41) is 3.23. The maximum Gasteiger partial charge on any atom is 0.256 e. The lowest BCUT2D eigenvalue weighted by atomic mass is 10.0. The fraction of sp³-hybridized carbons (Fsp3) is 0.500. The van der Waals surface area contributed by atoms with Gasteiger partial charge in [-0.2, -0.15) is 4.31 Å². The minimum absolute atomic E-state index is 0.0597. The Balaban J connectivity index is 1.80. The summed E-state index contributed by atoms with van der Waals surface area (Å²) in [6, 6.07) is 6.05. The number of nitrogens with one attached hydrogen (secondary N) is 1. The predicted molar refractivity (Wildman–Crippen MR) is 139 cm³/mol. The van der Waals surface area contributed by atoms with Crippen LogP contribution in [0.1, 0.15) is 45.0 Å². The highest BCUT2D eigenvalue weighted by Crippen LogP contribution is 2.37. The van der Waals surface area contributed by atoms with Crippen molar-refractivity contribution < 1.29 is 27.5 Å². The minimum Gasteiger partial charge on any atom is -0.383 e. The molecule has 0 atom stereocenters. The van der Waals surface area contributed by atoms with E-state index in [4.69, 9.17) is 15.2 Å². The molecule has 0 saturated heterocycles. The third-order valence-corrected chi connectivity index (χ3v) is 9.18. The molecule has 1 aliphatic heterocycles. The first-order valence-electron chi connectivity index (χ1n) is 11.7. The number of carbonyl (C=O) groups is 2. The summed E-state index contributed by atoms with van der Waals surface area (Å²) in [4.78, 5) is 28.6. The Bertz CT molecular complexity index is 1170. The van der Waals surface area contributed by atoms with Gasteiger partial charge in [0.05, 0.1) is 23.7 Å². The number of benzene rings is 1. The molecule has 1 aromatic carbocycles. The monoisotopic (exact) mass is 538 g/mol. The van der Waals surface area contributed by atoms with Gasteiger partial charge in [0, 0.05) is 56.9 Å². The molecule has 0 radical (unpaired) electrons. The van der Waals surface area contributed by atoms with Crippen molar-refractivity contribution in [3.05, 3.63) is 45.8 Å². The van der Waals surface area contributed by atoms with Gasteiger partial charge in [0.1, 0.15) is 5.00 Å². The largest absolute Gasteiger partial charge is 0.383 e. The molecule has 36 heavy (non-hydrogen) atoms. The number of carbonyl (C=O) groups excluding carboxylic acids is 2. The Kier molecular flexibility index (Phi) is 9.61. The molecule has 12 heteroatoms. The fourth-order valence-electron chi connectivity index (χ4n) is 4.05. The van der Waals surface area contributed by atoms with Crippen molar-refractivity contribution in [2.24, 2.45) is 5.73 Å². The van der Waals surface area contributed by atoms with Crippen LogP contribution in [0.2, 0.25) is 0 Å². The molecular weight excluding hydrogens is 504 g/mol. The van der Waals surface area contributed by atoms with Gasteiger partial charge in [0.25, 0.3) is 11.8 Å². The summed E-state index contributed by atoms with van der Waals surface area (Å²) in [5.41, 5.74) is 7.19. The lowest BCUT2D eigenvalue weighted by Gasteiger charge is -2.30. The van der Waals surface area contributed by atoms with Gasteiger partial charge in [-0.05, 0) is 50.1 Å². The van der Waals surface area contributed by atoms with Crippen LogP contribution in [0.3, 0.4) is 0 Å². The van der Waals surface area contributed by atoms with Crippen LogP contribution in [0.5, 0.6) is 0 Å². The fourth-order valence-corrected chi connectivity index (χ4v) is 6.74. The topological polar surface area (TPSA) is 131 Å². The van der Waals surface area contributed by atoms with E-state index in [0.29, 0.717) is 29.6 Å². The second-order valence-electron chi connectivity index (χ2n) is 8.75. The van der Waals surface area contributed by atoms with Crippen LogP contribution in [0, 0.1) is 0 Å². The van der Waals surface area contributed by atoms with E-state index in [1.165, 1.54) is 54.1 Å². The summed E-state index contributed by atoms with van der Waals surface area (Å²) in [7, 11) is -0.797. The molecule has 1 aromatic heterocycles. The van der Waals surface area contributed by atoms with Crippen molar-refractivity contribution in [1.82, 2.24) is 9.21 Å². The molecule has 0 fully saturated rings. The second kappa shape index (κ2) is 12.3. The number of ether oxygens (including phenoxy) is 2. The maximum absolute atomic E-state index is 13.1. The number of primary amides is 1. The summed E-state index contributed by atoms with van der Waals surface area (Å²) in [6.45, 7) is 6.59. The van der Waals surface area contributed by atoms with E-state index in [-0.39, 0.29) is 36.8 Å². The molecule has 1 aliphatic rings. The number of thiophene rings is 1. The second-order valence-corrected chi connectivity index (χ2v) is 11.8. The number of nitrogens with two attached hydrogens (primary N) is 1. The van der Waals surface area contributed by atoms with E-state index in [2.05, 4.69) is 24.1 Å². The molecule has 0 saturated carbocycles. The Labute approximate surface area is 216 Å². The van der Waals surface area contributed by atoms with Gasteiger partial charge in [-0.1, -0.05) is 0 Å². The van der Waals surface area contributed by atoms with Gasteiger partial charge in [-0.25, -0.2) is 8.42 Å². The van der Waals surface area contributed by atoms with Crippen molar-refractivity contribution >= 4 is 38.2 Å². The smallest absolute Gasteiger partial charge is 0.256 e. The van der Waals surface area contributed by atoms with Crippen LogP contribution in [0.15, 0.2) is 29.2 Å². The van der Waals surface area contributed by atoms with Gasteiger partial charge in [-0.15, -0.1) is 11.3 Å². The summed E-state index contributed by atoms with van der Waals surface area (Å²) in [5.74, 6) is -1.02. The molecule has 3 rings (SSSR count). The van der Waals surface area contributed by atoms with Crippen molar-refractivity contribution in [3.63, 3.8) is 0 Å². The van der Waals surface area contributed by atoms with Gasteiger partial charge in [0.15, 0.2) is 0 Å². The highest BCUT2D eigenvalue weighted by Gasteiger charge is 2.29. The van der Waals surface area contributed by atoms with Crippen LogP contribution in [0.4, 0.5) is 5.00 Å². The number of nitrogens with zero attached hydrogens (tertiary/aromatic N) is 2. The first kappa shape index (κ1) is 28.2. The lowest BCUT2D eigenvalue weighted by Crippen LogP contribution is -2.36. The maximum atomic E-state index is 13.1. The predicted octanol–water partition coefficient (Wildman–Crippen LogP) is 2.15. The molecule has 0 aliphatic carbocycles. The Morgan fingerprint density at radius 2 is 1.75 bits per heavy atom. The van der Waals surface area contributed by atoms with E-state index in [1.807, 2.05) is 0 Å². The standard InChI is InChI=1S/C24H34N4O6S2/c1-16(2)27-10-9-19-20(15-27)35-24(21(19)22(25)29)26-23(30)17-5-7-18(8-6-17)36(31,32)28(11-13-33-3)12-14-34-4/h5-8,16H,9-15H2,1-4H3,(H2,25,29)(H,26,30). The first-order chi connectivity index (χ1) is 17.1. The molecule has 0 spiro atoms. The molecular formula is C24H34N4O6S2. The van der Waals surface area contributed by atoms with Crippen LogP contribution < -0.4 is 11.1 Å². The Morgan fingerprint density at radius 3 is 2.28 bits per heavy atom. The van der Waals surface area contributed by atoms with Gasteiger partial charge in [0.2, 0.25) is 10.0 Å². The normalized spacial score (nSPS) is 14.3. The summed E-state index contributed by atoms with van der Waals surface area (Å²) in [6.07, 6.45) is 0.688. The zero-order valence-corrected chi connectivity index (χ0v) is 22.7. The van der Waals surface area contributed by atoms with E-state index >= 15 is 0 Å². The molecule has 0 bridgehead atoms. The quantitative estimate of drug-likeness (QED) is 0.423. The number of anilines is 1. The molecule has 2 amide bonds. The van der Waals surface area contributed by atoms with Crippen molar-refractivity contribution in [2.45, 2.75) is 37.8 Å². The van der Waals surface area contributed by atoms with E-state index < -0.39 is 21.8 Å². The molecule has 10 nitrogen and oxygen atoms in total. The number of hydrogen-bond donors (Lipinski definition) is 2. The lowest BCUT2D eigenvalue weighted by molar-refractivity contribution is 0.0999. The van der Waals surface area contributed by atoms with Crippen molar-refractivity contribution in [2.75, 3.05) is 52.4 Å². The van der Waals surface area contributed by atoms with E-state index in [0.717, 1.165) is 17.0 Å². The van der Waals surface area contributed by atoms with Gasteiger partial charge in [-0.3, -0.25) is 14.5 Å². The molecule has 2 aromatic rings. The number of hydrogen-bond acceptors (Lipinski definition) is 8.